The summed E-state index contributed by atoms with van der Waals surface area (Å²) in [7, 11) is 1.56. The minimum Gasteiger partial charge on any atom is -0.497 e. The Kier molecular flexibility index (Phi) is 5.82. The first-order valence-corrected chi connectivity index (χ1v) is 8.16. The number of ether oxygens (including phenoxy) is 1. The largest absolute Gasteiger partial charge is 0.497 e. The summed E-state index contributed by atoms with van der Waals surface area (Å²) in [6, 6.07) is 12.7. The zero-order chi connectivity index (χ0) is 16.8. The lowest BCUT2D eigenvalue weighted by molar-refractivity contribution is -0.117. The van der Waals surface area contributed by atoms with Crippen LogP contribution in [-0.4, -0.2) is 24.7 Å². The highest BCUT2D eigenvalue weighted by Crippen LogP contribution is 2.22. The number of amides is 2. The first-order valence-electron chi connectivity index (χ1n) is 7.18. The van der Waals surface area contributed by atoms with Crippen molar-refractivity contribution in [2.45, 2.75) is 18.7 Å². The van der Waals surface area contributed by atoms with E-state index in [0.29, 0.717) is 11.3 Å². The van der Waals surface area contributed by atoms with Crippen LogP contribution >= 0.6 is 11.8 Å². The van der Waals surface area contributed by atoms with E-state index in [4.69, 9.17) is 4.74 Å². The number of hydrogen-bond acceptors (Lipinski definition) is 4. The number of benzene rings is 2. The molecule has 120 valence electrons. The number of carbonyl (C=O) groups is 2. The van der Waals surface area contributed by atoms with Gasteiger partial charge in [-0.3, -0.25) is 14.9 Å². The SMILES string of the molecule is COc1ccc(C(=O)NC(=O)CSc2ccc(C)cc2C)cc1. The predicted octanol–water partition coefficient (Wildman–Crippen LogP) is 3.36. The lowest BCUT2D eigenvalue weighted by Crippen LogP contribution is -2.31. The Morgan fingerprint density at radius 2 is 1.78 bits per heavy atom. The van der Waals surface area contributed by atoms with Crippen LogP contribution in [0.3, 0.4) is 0 Å². The fourth-order valence-electron chi connectivity index (χ4n) is 2.08. The number of thioether (sulfide) groups is 1. The van der Waals surface area contributed by atoms with Gasteiger partial charge >= 0.3 is 0 Å². The van der Waals surface area contributed by atoms with Gasteiger partial charge in [0.05, 0.1) is 12.9 Å². The van der Waals surface area contributed by atoms with Gasteiger partial charge in [-0.2, -0.15) is 0 Å². The summed E-state index contributed by atoms with van der Waals surface area (Å²) in [4.78, 5) is 25.0. The number of imide groups is 1. The van der Waals surface area contributed by atoms with Gasteiger partial charge in [0.2, 0.25) is 5.91 Å². The Hall–Kier alpha value is -2.27. The van der Waals surface area contributed by atoms with E-state index in [2.05, 4.69) is 11.4 Å². The zero-order valence-corrected chi connectivity index (χ0v) is 14.2. The molecule has 2 rings (SSSR count). The van der Waals surface area contributed by atoms with E-state index in [0.717, 1.165) is 10.5 Å². The molecule has 0 bridgehead atoms. The van der Waals surface area contributed by atoms with Crippen LogP contribution in [0.1, 0.15) is 21.5 Å². The minimum atomic E-state index is -0.404. The van der Waals surface area contributed by atoms with Gasteiger partial charge in [-0.05, 0) is 49.7 Å². The average Bonchev–Trinajstić information content (AvgIpc) is 2.54. The zero-order valence-electron chi connectivity index (χ0n) is 13.4. The van der Waals surface area contributed by atoms with E-state index in [1.54, 1.807) is 31.4 Å². The van der Waals surface area contributed by atoms with Crippen molar-refractivity contribution in [1.82, 2.24) is 5.32 Å². The van der Waals surface area contributed by atoms with Crippen LogP contribution in [0.15, 0.2) is 47.4 Å². The van der Waals surface area contributed by atoms with Crippen molar-refractivity contribution in [3.8, 4) is 5.75 Å². The minimum absolute atomic E-state index is 0.200. The van der Waals surface area contributed by atoms with E-state index in [1.165, 1.54) is 17.3 Å². The molecule has 0 spiro atoms. The molecule has 0 fully saturated rings. The second-order valence-electron chi connectivity index (χ2n) is 5.16. The van der Waals surface area contributed by atoms with Crippen molar-refractivity contribution < 1.29 is 14.3 Å². The molecule has 2 amide bonds. The first kappa shape index (κ1) is 17.1. The molecule has 0 aliphatic carbocycles. The molecule has 1 N–H and O–H groups in total. The monoisotopic (exact) mass is 329 g/mol. The van der Waals surface area contributed by atoms with Crippen molar-refractivity contribution in [1.29, 1.82) is 0 Å². The Morgan fingerprint density at radius 1 is 1.09 bits per heavy atom. The number of nitrogens with one attached hydrogen (secondary N) is 1. The fourth-order valence-corrected chi connectivity index (χ4v) is 2.89. The van der Waals surface area contributed by atoms with Crippen molar-refractivity contribution in [3.63, 3.8) is 0 Å². The van der Waals surface area contributed by atoms with Crippen molar-refractivity contribution in [2.75, 3.05) is 12.9 Å². The van der Waals surface area contributed by atoms with Crippen LogP contribution in [-0.2, 0) is 4.79 Å². The van der Waals surface area contributed by atoms with Crippen LogP contribution in [0, 0.1) is 13.8 Å². The third-order valence-electron chi connectivity index (χ3n) is 3.29. The highest BCUT2D eigenvalue weighted by Gasteiger charge is 2.11. The smallest absolute Gasteiger partial charge is 0.257 e. The molecular formula is C18H19NO3S. The Bertz CT molecular complexity index is 711. The van der Waals surface area contributed by atoms with Crippen LogP contribution in [0.25, 0.3) is 0 Å². The maximum atomic E-state index is 12.0. The third-order valence-corrected chi connectivity index (χ3v) is 4.47. The van der Waals surface area contributed by atoms with E-state index in [9.17, 15) is 9.59 Å². The van der Waals surface area contributed by atoms with Gasteiger partial charge in [0.15, 0.2) is 0 Å². The van der Waals surface area contributed by atoms with Gasteiger partial charge in [-0.25, -0.2) is 0 Å². The molecule has 0 radical (unpaired) electrons. The topological polar surface area (TPSA) is 55.4 Å². The highest BCUT2D eigenvalue weighted by molar-refractivity contribution is 8.00. The molecule has 2 aromatic carbocycles. The quantitative estimate of drug-likeness (QED) is 0.855. The standard InChI is InChI=1S/C18H19NO3S/c1-12-4-9-16(13(2)10-12)23-11-17(20)19-18(21)14-5-7-15(22-3)8-6-14/h4-10H,11H2,1-3H3,(H,19,20,21). The second kappa shape index (κ2) is 7.83. The van der Waals surface area contributed by atoms with Gasteiger partial charge in [0, 0.05) is 10.5 Å². The van der Waals surface area contributed by atoms with Crippen LogP contribution in [0.4, 0.5) is 0 Å². The summed E-state index contributed by atoms with van der Waals surface area (Å²) < 4.78 is 5.04. The maximum Gasteiger partial charge on any atom is 0.257 e. The summed E-state index contributed by atoms with van der Waals surface area (Å²) in [6.45, 7) is 4.04. The van der Waals surface area contributed by atoms with Gasteiger partial charge in [-0.15, -0.1) is 11.8 Å². The molecule has 0 aliphatic rings. The number of carbonyl (C=O) groups excluding carboxylic acids is 2. The molecule has 0 aliphatic heterocycles. The third kappa shape index (κ3) is 4.86. The molecule has 0 heterocycles. The molecule has 0 saturated carbocycles. The normalized spacial score (nSPS) is 10.2. The summed E-state index contributed by atoms with van der Waals surface area (Å²) in [6.07, 6.45) is 0. The van der Waals surface area contributed by atoms with Crippen molar-refractivity contribution in [2.24, 2.45) is 0 Å². The van der Waals surface area contributed by atoms with E-state index >= 15 is 0 Å². The average molecular weight is 329 g/mol. The predicted molar refractivity (Wildman–Crippen MR) is 92.1 cm³/mol. The molecule has 2 aromatic rings. The molecule has 0 aromatic heterocycles. The Balaban J connectivity index is 1.89. The lowest BCUT2D eigenvalue weighted by Gasteiger charge is -2.07. The lowest BCUT2D eigenvalue weighted by atomic mass is 10.2. The van der Waals surface area contributed by atoms with Gasteiger partial charge in [0.25, 0.3) is 5.91 Å². The fraction of sp³-hybridized carbons (Fsp3) is 0.222. The van der Waals surface area contributed by atoms with Crippen LogP contribution in [0.5, 0.6) is 5.75 Å². The van der Waals surface area contributed by atoms with Gasteiger partial charge < -0.3 is 4.74 Å². The number of aryl methyl sites for hydroxylation is 2. The molecular weight excluding hydrogens is 310 g/mol. The second-order valence-corrected chi connectivity index (χ2v) is 6.18. The summed E-state index contributed by atoms with van der Waals surface area (Å²) in [5.41, 5.74) is 2.74. The van der Waals surface area contributed by atoms with Crippen molar-refractivity contribution in [3.05, 3.63) is 59.2 Å². The molecule has 23 heavy (non-hydrogen) atoms. The molecule has 0 saturated heterocycles. The Morgan fingerprint density at radius 3 is 2.39 bits per heavy atom. The van der Waals surface area contributed by atoms with E-state index in [1.807, 2.05) is 26.0 Å². The molecule has 0 unspecified atom stereocenters. The highest BCUT2D eigenvalue weighted by atomic mass is 32.2. The van der Waals surface area contributed by atoms with E-state index < -0.39 is 5.91 Å². The Labute approximate surface area is 140 Å². The maximum absolute atomic E-state index is 12.0. The van der Waals surface area contributed by atoms with E-state index in [-0.39, 0.29) is 11.7 Å². The summed E-state index contributed by atoms with van der Waals surface area (Å²) >= 11 is 1.42. The van der Waals surface area contributed by atoms with Gasteiger partial charge in [-0.1, -0.05) is 17.7 Å². The molecule has 0 atom stereocenters. The van der Waals surface area contributed by atoms with Crippen molar-refractivity contribution >= 4 is 23.6 Å². The molecule has 5 heteroatoms. The number of rotatable bonds is 5. The first-order chi connectivity index (χ1) is 11.0. The number of hydrogen-bond donors (Lipinski definition) is 1. The molecule has 4 nitrogen and oxygen atoms in total. The number of methoxy groups -OCH3 is 1. The summed E-state index contributed by atoms with van der Waals surface area (Å²) in [5.74, 6) is 0.152. The summed E-state index contributed by atoms with van der Waals surface area (Å²) in [5, 5.41) is 2.40. The van der Waals surface area contributed by atoms with Crippen LogP contribution in [0.2, 0.25) is 0 Å². The van der Waals surface area contributed by atoms with Crippen LogP contribution < -0.4 is 10.1 Å². The van der Waals surface area contributed by atoms with Gasteiger partial charge in [0.1, 0.15) is 5.75 Å².